The topological polar surface area (TPSA) is 0 Å². The molecule has 1 aromatic carbocycles. The molecule has 2 heteroatoms. The fourth-order valence-electron chi connectivity index (χ4n) is 1.01. The van der Waals surface area contributed by atoms with Gasteiger partial charge in [0.05, 0.1) is 0 Å². The summed E-state index contributed by atoms with van der Waals surface area (Å²) < 4.78 is 1.14. The van der Waals surface area contributed by atoms with Gasteiger partial charge in [-0.3, -0.25) is 0 Å². The van der Waals surface area contributed by atoms with Crippen molar-refractivity contribution in [3.8, 4) is 0 Å². The first-order chi connectivity index (χ1) is 5.15. The minimum Gasteiger partial charge on any atom is -0.122 e. The SMILES string of the molecule is Cc1cc(C)c(CCl)cc1Br. The van der Waals surface area contributed by atoms with Gasteiger partial charge in [0.2, 0.25) is 0 Å². The zero-order chi connectivity index (χ0) is 8.43. The largest absolute Gasteiger partial charge is 0.122 e. The molecule has 1 rings (SSSR count). The summed E-state index contributed by atoms with van der Waals surface area (Å²) in [6.45, 7) is 4.16. The highest BCUT2D eigenvalue weighted by molar-refractivity contribution is 9.10. The molecule has 0 aliphatic heterocycles. The van der Waals surface area contributed by atoms with Gasteiger partial charge in [-0.2, -0.15) is 0 Å². The van der Waals surface area contributed by atoms with Crippen molar-refractivity contribution in [2.24, 2.45) is 0 Å². The molecule has 60 valence electrons. The fraction of sp³-hybridized carbons (Fsp3) is 0.333. The quantitative estimate of drug-likeness (QED) is 0.647. The van der Waals surface area contributed by atoms with Crippen LogP contribution in [0.15, 0.2) is 16.6 Å². The molecule has 0 bridgehead atoms. The van der Waals surface area contributed by atoms with Gasteiger partial charge in [0.15, 0.2) is 0 Å². The van der Waals surface area contributed by atoms with Crippen molar-refractivity contribution in [3.05, 3.63) is 33.3 Å². The summed E-state index contributed by atoms with van der Waals surface area (Å²) in [4.78, 5) is 0. The highest BCUT2D eigenvalue weighted by Gasteiger charge is 2.00. The van der Waals surface area contributed by atoms with Gasteiger partial charge in [0, 0.05) is 10.4 Å². The van der Waals surface area contributed by atoms with Crippen LogP contribution in [0.4, 0.5) is 0 Å². The van der Waals surface area contributed by atoms with Crippen LogP contribution in [-0.2, 0) is 5.88 Å². The summed E-state index contributed by atoms with van der Waals surface area (Å²) in [6.07, 6.45) is 0. The van der Waals surface area contributed by atoms with Gasteiger partial charge in [-0.15, -0.1) is 11.6 Å². The predicted molar refractivity (Wildman–Crippen MR) is 53.2 cm³/mol. The van der Waals surface area contributed by atoms with Crippen LogP contribution in [0.25, 0.3) is 0 Å². The molecule has 0 fully saturated rings. The molecule has 0 saturated heterocycles. The number of benzene rings is 1. The Morgan fingerprint density at radius 1 is 1.27 bits per heavy atom. The molecule has 0 aliphatic carbocycles. The Morgan fingerprint density at radius 3 is 2.45 bits per heavy atom. The lowest BCUT2D eigenvalue weighted by molar-refractivity contribution is 1.25. The molecule has 0 heterocycles. The third kappa shape index (κ3) is 1.97. The molecule has 0 spiro atoms. The highest BCUT2D eigenvalue weighted by atomic mass is 79.9. The van der Waals surface area contributed by atoms with Gasteiger partial charge < -0.3 is 0 Å². The Labute approximate surface area is 80.7 Å². The third-order valence-electron chi connectivity index (χ3n) is 1.76. The second kappa shape index (κ2) is 3.59. The van der Waals surface area contributed by atoms with Crippen molar-refractivity contribution in [2.75, 3.05) is 0 Å². The molecular weight excluding hydrogens is 223 g/mol. The summed E-state index contributed by atoms with van der Waals surface area (Å²) in [5.41, 5.74) is 3.72. The average Bonchev–Trinajstić information content (AvgIpc) is 1.97. The molecule has 0 amide bonds. The maximum Gasteiger partial charge on any atom is 0.0477 e. The minimum atomic E-state index is 0.588. The van der Waals surface area contributed by atoms with E-state index in [2.05, 4.69) is 41.9 Å². The van der Waals surface area contributed by atoms with E-state index in [1.165, 1.54) is 16.7 Å². The molecule has 0 nitrogen and oxygen atoms in total. The Morgan fingerprint density at radius 2 is 1.91 bits per heavy atom. The molecule has 1 aromatic rings. The van der Waals surface area contributed by atoms with E-state index < -0.39 is 0 Å². The predicted octanol–water partition coefficient (Wildman–Crippen LogP) is 3.80. The zero-order valence-electron chi connectivity index (χ0n) is 6.62. The number of aryl methyl sites for hydroxylation is 2. The molecule has 0 atom stereocenters. The van der Waals surface area contributed by atoms with E-state index in [0.717, 1.165) is 4.47 Å². The summed E-state index contributed by atoms with van der Waals surface area (Å²) in [7, 11) is 0. The van der Waals surface area contributed by atoms with E-state index in [1.807, 2.05) is 0 Å². The van der Waals surface area contributed by atoms with Gasteiger partial charge in [0.25, 0.3) is 0 Å². The van der Waals surface area contributed by atoms with Crippen molar-refractivity contribution in [1.82, 2.24) is 0 Å². The second-order valence-electron chi connectivity index (χ2n) is 2.66. The molecule has 0 aromatic heterocycles. The van der Waals surface area contributed by atoms with Crippen molar-refractivity contribution in [1.29, 1.82) is 0 Å². The van der Waals surface area contributed by atoms with Gasteiger partial charge in [0.1, 0.15) is 0 Å². The van der Waals surface area contributed by atoms with Crippen LogP contribution < -0.4 is 0 Å². The van der Waals surface area contributed by atoms with E-state index in [-0.39, 0.29) is 0 Å². The van der Waals surface area contributed by atoms with Gasteiger partial charge >= 0.3 is 0 Å². The van der Waals surface area contributed by atoms with Crippen LogP contribution in [0.3, 0.4) is 0 Å². The van der Waals surface area contributed by atoms with Gasteiger partial charge in [-0.05, 0) is 36.6 Å². The second-order valence-corrected chi connectivity index (χ2v) is 3.78. The summed E-state index contributed by atoms with van der Waals surface area (Å²) in [6, 6.07) is 4.22. The van der Waals surface area contributed by atoms with Crippen molar-refractivity contribution in [2.45, 2.75) is 19.7 Å². The van der Waals surface area contributed by atoms with Crippen LogP contribution in [0, 0.1) is 13.8 Å². The lowest BCUT2D eigenvalue weighted by Gasteiger charge is -2.04. The molecule has 0 N–H and O–H groups in total. The molecule has 0 radical (unpaired) electrons. The lowest BCUT2D eigenvalue weighted by atomic mass is 10.1. The smallest absolute Gasteiger partial charge is 0.0477 e. The minimum absolute atomic E-state index is 0.588. The van der Waals surface area contributed by atoms with Crippen LogP contribution >= 0.6 is 27.5 Å². The summed E-state index contributed by atoms with van der Waals surface area (Å²) in [5.74, 6) is 0.588. The van der Waals surface area contributed by atoms with E-state index in [9.17, 15) is 0 Å². The number of halogens is 2. The molecular formula is C9H10BrCl. The number of rotatable bonds is 1. The van der Waals surface area contributed by atoms with Gasteiger partial charge in [-0.1, -0.05) is 22.0 Å². The van der Waals surface area contributed by atoms with Gasteiger partial charge in [-0.25, -0.2) is 0 Å². The van der Waals surface area contributed by atoms with Crippen LogP contribution in [0.2, 0.25) is 0 Å². The van der Waals surface area contributed by atoms with E-state index in [1.54, 1.807) is 0 Å². The first kappa shape index (κ1) is 9.08. The first-order valence-corrected chi connectivity index (χ1v) is 4.79. The molecule has 0 aliphatic rings. The molecule has 0 unspecified atom stereocenters. The van der Waals surface area contributed by atoms with Crippen molar-refractivity contribution >= 4 is 27.5 Å². The monoisotopic (exact) mass is 232 g/mol. The number of alkyl halides is 1. The van der Waals surface area contributed by atoms with Crippen LogP contribution in [-0.4, -0.2) is 0 Å². The number of hydrogen-bond donors (Lipinski definition) is 0. The van der Waals surface area contributed by atoms with Crippen molar-refractivity contribution < 1.29 is 0 Å². The third-order valence-corrected chi connectivity index (χ3v) is 2.90. The Bertz CT molecular complexity index is 269. The van der Waals surface area contributed by atoms with E-state index in [0.29, 0.717) is 5.88 Å². The highest BCUT2D eigenvalue weighted by Crippen LogP contribution is 2.21. The lowest BCUT2D eigenvalue weighted by Crippen LogP contribution is -1.87. The van der Waals surface area contributed by atoms with Crippen LogP contribution in [0.1, 0.15) is 16.7 Å². The summed E-state index contributed by atoms with van der Waals surface area (Å²) >= 11 is 9.20. The van der Waals surface area contributed by atoms with Crippen molar-refractivity contribution in [3.63, 3.8) is 0 Å². The Hall–Kier alpha value is -0.0100. The Kier molecular flexibility index (Phi) is 2.97. The standard InChI is InChI=1S/C9H10BrCl/c1-6-3-7(2)9(10)4-8(6)5-11/h3-4H,5H2,1-2H3. The summed E-state index contributed by atoms with van der Waals surface area (Å²) in [5, 5.41) is 0. The number of hydrogen-bond acceptors (Lipinski definition) is 0. The van der Waals surface area contributed by atoms with E-state index >= 15 is 0 Å². The molecule has 11 heavy (non-hydrogen) atoms. The maximum atomic E-state index is 5.74. The first-order valence-electron chi connectivity index (χ1n) is 3.46. The molecule has 0 saturated carbocycles. The van der Waals surface area contributed by atoms with Crippen LogP contribution in [0.5, 0.6) is 0 Å². The average molecular weight is 234 g/mol. The maximum absolute atomic E-state index is 5.74. The Balaban J connectivity index is 3.21. The normalized spacial score (nSPS) is 10.2. The zero-order valence-corrected chi connectivity index (χ0v) is 8.96. The van der Waals surface area contributed by atoms with E-state index in [4.69, 9.17) is 11.6 Å². The fourth-order valence-corrected chi connectivity index (χ4v) is 1.69.